The van der Waals surface area contributed by atoms with Crippen molar-refractivity contribution in [3.8, 4) is 5.75 Å². The van der Waals surface area contributed by atoms with Crippen molar-refractivity contribution in [1.82, 2.24) is 15.5 Å². The number of rotatable bonds is 14. The number of Topliss-reactive ketones (excluding diaryl/α,β-unsaturated/α-hetero) is 1. The third-order valence-electron chi connectivity index (χ3n) is 6.50. The normalized spacial score (nSPS) is 17.6. The Morgan fingerprint density at radius 2 is 1.87 bits per heavy atom. The van der Waals surface area contributed by atoms with E-state index in [4.69, 9.17) is 9.84 Å². The minimum absolute atomic E-state index is 0.0107. The molecule has 0 radical (unpaired) electrons. The number of unbranched alkanes of at least 4 members (excludes halogenated alkanes) is 2. The molecule has 38 heavy (non-hydrogen) atoms. The lowest BCUT2D eigenvalue weighted by molar-refractivity contribution is -0.141. The summed E-state index contributed by atoms with van der Waals surface area (Å²) in [7, 11) is 0. The van der Waals surface area contributed by atoms with Crippen LogP contribution >= 0.6 is 0 Å². The van der Waals surface area contributed by atoms with Gasteiger partial charge in [-0.1, -0.05) is 19.4 Å². The number of hydrogen-bond acceptors (Lipinski definition) is 8. The van der Waals surface area contributed by atoms with Crippen molar-refractivity contribution in [3.05, 3.63) is 29.3 Å². The third kappa shape index (κ3) is 7.02. The zero-order chi connectivity index (χ0) is 27.8. The quantitative estimate of drug-likeness (QED) is 0.236. The molecule has 3 N–H and O–H groups in total. The van der Waals surface area contributed by atoms with Gasteiger partial charge in [-0.15, -0.1) is 0 Å². The number of ketones is 1. The van der Waals surface area contributed by atoms with E-state index in [1.54, 1.807) is 6.92 Å². The minimum Gasteiger partial charge on any atom is -0.485 e. The summed E-state index contributed by atoms with van der Waals surface area (Å²) in [6.07, 6.45) is 2.62. The predicted molar refractivity (Wildman–Crippen MR) is 131 cm³/mol. The molecule has 2 aliphatic rings. The smallest absolute Gasteiger partial charge is 0.306 e. The molecule has 1 aromatic carbocycles. The number of benzene rings is 1. The molecule has 0 aromatic heterocycles. The fourth-order valence-corrected chi connectivity index (χ4v) is 4.25. The monoisotopic (exact) mass is 529 g/mol. The van der Waals surface area contributed by atoms with Gasteiger partial charge in [-0.05, 0) is 37.8 Å². The van der Waals surface area contributed by atoms with E-state index in [-0.39, 0.29) is 67.3 Å². The topological polar surface area (TPSA) is 176 Å². The van der Waals surface area contributed by atoms with Crippen molar-refractivity contribution in [2.24, 2.45) is 5.92 Å². The van der Waals surface area contributed by atoms with E-state index in [1.165, 1.54) is 18.2 Å². The van der Waals surface area contributed by atoms with Crippen molar-refractivity contribution < 1.29 is 43.4 Å². The van der Waals surface area contributed by atoms with Gasteiger partial charge in [-0.3, -0.25) is 43.8 Å². The number of hydrogen-bond donors (Lipinski definition) is 3. The van der Waals surface area contributed by atoms with Gasteiger partial charge in [0.05, 0.1) is 17.0 Å². The summed E-state index contributed by atoms with van der Waals surface area (Å²) in [6, 6.07) is 3.36. The molecule has 1 unspecified atom stereocenters. The molecule has 0 saturated carbocycles. The van der Waals surface area contributed by atoms with Crippen molar-refractivity contribution in [2.45, 2.75) is 64.3 Å². The summed E-state index contributed by atoms with van der Waals surface area (Å²) in [5, 5.41) is 13.7. The molecule has 0 bridgehead atoms. The highest BCUT2D eigenvalue weighted by Gasteiger charge is 2.46. The number of carbonyl (C=O) groups excluding carboxylic acids is 6. The molecule has 0 aliphatic carbocycles. The number of piperidine rings is 1. The van der Waals surface area contributed by atoms with Crippen LogP contribution in [0, 0.1) is 5.92 Å². The lowest BCUT2D eigenvalue weighted by Crippen LogP contribution is -2.54. The third-order valence-corrected chi connectivity index (χ3v) is 6.50. The summed E-state index contributed by atoms with van der Waals surface area (Å²) in [5.74, 6) is -4.37. The van der Waals surface area contributed by atoms with Crippen LogP contribution in [0.15, 0.2) is 18.2 Å². The van der Waals surface area contributed by atoms with E-state index in [0.29, 0.717) is 25.8 Å². The van der Waals surface area contributed by atoms with Crippen LogP contribution in [0.3, 0.4) is 0 Å². The Hall–Kier alpha value is -4.09. The minimum atomic E-state index is -1.09. The molecule has 2 heterocycles. The maximum atomic E-state index is 13.0. The van der Waals surface area contributed by atoms with Crippen molar-refractivity contribution in [3.63, 3.8) is 0 Å². The van der Waals surface area contributed by atoms with Crippen molar-refractivity contribution in [2.75, 3.05) is 13.2 Å². The summed E-state index contributed by atoms with van der Waals surface area (Å²) >= 11 is 0. The highest BCUT2D eigenvalue weighted by molar-refractivity contribution is 6.24. The van der Waals surface area contributed by atoms with Gasteiger partial charge in [-0.25, -0.2) is 0 Å². The van der Waals surface area contributed by atoms with E-state index in [9.17, 15) is 33.6 Å². The molecule has 5 amide bonds. The Morgan fingerprint density at radius 1 is 1.11 bits per heavy atom. The number of aliphatic carboxylic acids is 1. The highest BCUT2D eigenvalue weighted by Crippen LogP contribution is 2.33. The van der Waals surface area contributed by atoms with Gasteiger partial charge in [0, 0.05) is 25.8 Å². The van der Waals surface area contributed by atoms with E-state index in [0.717, 1.165) is 4.90 Å². The lowest BCUT2D eigenvalue weighted by atomic mass is 10.0. The van der Waals surface area contributed by atoms with Crippen LogP contribution in [0.2, 0.25) is 0 Å². The fraction of sp³-hybridized carbons (Fsp3) is 0.500. The molecular weight excluding hydrogens is 498 g/mol. The number of amides is 5. The maximum absolute atomic E-state index is 13.0. The Morgan fingerprint density at radius 3 is 2.58 bits per heavy atom. The first-order valence-electron chi connectivity index (χ1n) is 12.6. The zero-order valence-corrected chi connectivity index (χ0v) is 21.1. The number of nitrogens with one attached hydrogen (secondary N) is 2. The molecule has 2 aliphatic heterocycles. The number of carboxylic acids is 1. The molecule has 12 heteroatoms. The molecule has 2 atom stereocenters. The van der Waals surface area contributed by atoms with Gasteiger partial charge in [0.2, 0.25) is 17.7 Å². The van der Waals surface area contributed by atoms with Crippen LogP contribution in [0.25, 0.3) is 0 Å². The van der Waals surface area contributed by atoms with Gasteiger partial charge in [0.25, 0.3) is 11.8 Å². The van der Waals surface area contributed by atoms with Gasteiger partial charge in [0.15, 0.2) is 5.78 Å². The summed E-state index contributed by atoms with van der Waals surface area (Å²) in [5.41, 5.74) is 0.0626. The number of ether oxygens (including phenoxy) is 1. The van der Waals surface area contributed by atoms with Crippen molar-refractivity contribution in [1.29, 1.82) is 0 Å². The summed E-state index contributed by atoms with van der Waals surface area (Å²) in [4.78, 5) is 85.2. The lowest BCUT2D eigenvalue weighted by Gasteiger charge is -2.27. The van der Waals surface area contributed by atoms with Crippen LogP contribution in [0.4, 0.5) is 0 Å². The van der Waals surface area contributed by atoms with Crippen LogP contribution in [0.1, 0.15) is 79.0 Å². The van der Waals surface area contributed by atoms with E-state index in [1.807, 2.05) is 0 Å². The van der Waals surface area contributed by atoms with Crippen LogP contribution in [0.5, 0.6) is 5.75 Å². The molecule has 3 rings (SSSR count). The second-order valence-corrected chi connectivity index (χ2v) is 9.39. The number of carbonyl (C=O) groups is 7. The van der Waals surface area contributed by atoms with Crippen LogP contribution < -0.4 is 15.4 Å². The first kappa shape index (κ1) is 28.5. The first-order valence-corrected chi connectivity index (χ1v) is 12.6. The molecule has 0 spiro atoms. The Kier molecular flexibility index (Phi) is 9.69. The van der Waals surface area contributed by atoms with Gasteiger partial charge < -0.3 is 15.2 Å². The summed E-state index contributed by atoms with van der Waals surface area (Å²) < 4.78 is 5.58. The maximum Gasteiger partial charge on any atom is 0.306 e. The number of carboxylic acid groups (broad SMARTS) is 1. The molecule has 1 fully saturated rings. The molecular formula is C26H31N3O9. The second-order valence-electron chi connectivity index (χ2n) is 9.39. The zero-order valence-electron chi connectivity index (χ0n) is 21.1. The Balaban J connectivity index is 1.41. The van der Waals surface area contributed by atoms with E-state index >= 15 is 0 Å². The average Bonchev–Trinajstić information content (AvgIpc) is 3.13. The van der Waals surface area contributed by atoms with Crippen LogP contribution in [-0.4, -0.2) is 70.5 Å². The highest BCUT2D eigenvalue weighted by atomic mass is 16.5. The number of fused-ring (bicyclic) bond motifs is 1. The van der Waals surface area contributed by atoms with E-state index < -0.39 is 41.6 Å². The SMILES string of the molecule is C[C@@H](CCC(=O)NCCCCCC(=O)COc1cccc2c1C(=O)N(C1CCC(=O)NC1=O)C2=O)C(=O)O. The molecule has 1 saturated heterocycles. The Labute approximate surface area is 219 Å². The van der Waals surface area contributed by atoms with Gasteiger partial charge in [0.1, 0.15) is 18.4 Å². The second kappa shape index (κ2) is 12.9. The van der Waals surface area contributed by atoms with Crippen LogP contribution in [-0.2, 0) is 24.0 Å². The van der Waals surface area contributed by atoms with Crippen molar-refractivity contribution >= 4 is 41.3 Å². The number of nitrogens with zero attached hydrogens (tertiary/aromatic N) is 1. The molecule has 12 nitrogen and oxygen atoms in total. The largest absolute Gasteiger partial charge is 0.485 e. The Bertz CT molecular complexity index is 1150. The molecule has 204 valence electrons. The average molecular weight is 530 g/mol. The molecule has 1 aromatic rings. The summed E-state index contributed by atoms with van der Waals surface area (Å²) in [6.45, 7) is 1.69. The van der Waals surface area contributed by atoms with E-state index in [2.05, 4.69) is 10.6 Å². The number of imide groups is 2. The van der Waals surface area contributed by atoms with Gasteiger partial charge >= 0.3 is 5.97 Å². The standard InChI is InChI=1S/C26H31N3O9/c1-15(26(36)37)9-11-20(31)27-13-4-2-3-6-16(30)14-38-19-8-5-7-17-22(19)25(35)29(24(17)34)18-10-12-21(32)28-23(18)33/h5,7-8,15,18H,2-4,6,9-14H2,1H3,(H,27,31)(H,36,37)(H,28,32,33)/t15-,18?/m0/s1. The van der Waals surface area contributed by atoms with Gasteiger partial charge in [-0.2, -0.15) is 0 Å². The first-order chi connectivity index (χ1) is 18.1. The fourth-order valence-electron chi connectivity index (χ4n) is 4.25. The predicted octanol–water partition coefficient (Wildman–Crippen LogP) is 1.21.